The number of fused-ring (bicyclic) bond motifs is 1. The number of nitrogens with zero attached hydrogens (tertiary/aromatic N) is 4. The van der Waals surface area contributed by atoms with Gasteiger partial charge >= 0.3 is 0 Å². The standard InChI is InChI=1S/C12H15N4O2/c1-4-7-15-11-8-9(16(17)18)5-6-10(11)13-12(15)14(2)3/h4-6,8,17H,1,7H2,2-3H3/q-1. The van der Waals surface area contributed by atoms with Crippen LogP contribution in [0, 0.1) is 5.21 Å². The monoisotopic (exact) mass is 247 g/mol. The van der Waals surface area contributed by atoms with Crippen molar-refractivity contribution in [2.24, 2.45) is 0 Å². The van der Waals surface area contributed by atoms with Crippen LogP contribution in [0.2, 0.25) is 0 Å². The molecule has 0 atom stereocenters. The molecule has 0 fully saturated rings. The fourth-order valence-electron chi connectivity index (χ4n) is 1.87. The molecule has 96 valence electrons. The summed E-state index contributed by atoms with van der Waals surface area (Å²) >= 11 is 0. The zero-order chi connectivity index (χ0) is 13.3. The topological polar surface area (TPSA) is 67.6 Å². The molecule has 0 radical (unpaired) electrons. The largest absolute Gasteiger partial charge is 0.733 e. The minimum atomic E-state index is -0.153. The van der Waals surface area contributed by atoms with Crippen molar-refractivity contribution in [3.63, 3.8) is 0 Å². The van der Waals surface area contributed by atoms with Gasteiger partial charge in [-0.15, -0.1) is 6.58 Å². The minimum absolute atomic E-state index is 0.153. The molecule has 1 aromatic heterocycles. The van der Waals surface area contributed by atoms with Gasteiger partial charge in [0.2, 0.25) is 5.95 Å². The molecule has 0 aliphatic carbocycles. The van der Waals surface area contributed by atoms with Gasteiger partial charge in [-0.05, 0) is 18.2 Å². The van der Waals surface area contributed by atoms with E-state index in [4.69, 9.17) is 5.21 Å². The van der Waals surface area contributed by atoms with Gasteiger partial charge < -0.3 is 19.9 Å². The lowest BCUT2D eigenvalue weighted by molar-refractivity contribution is 0.296. The van der Waals surface area contributed by atoms with Gasteiger partial charge in [0, 0.05) is 20.6 Å². The fourth-order valence-corrected chi connectivity index (χ4v) is 1.87. The summed E-state index contributed by atoms with van der Waals surface area (Å²) in [6.45, 7) is 4.29. The molecule has 1 N–H and O–H groups in total. The molecule has 18 heavy (non-hydrogen) atoms. The van der Waals surface area contributed by atoms with Crippen LogP contribution in [0.25, 0.3) is 11.0 Å². The predicted octanol–water partition coefficient (Wildman–Crippen LogP) is 1.98. The Morgan fingerprint density at radius 1 is 1.50 bits per heavy atom. The van der Waals surface area contributed by atoms with E-state index in [9.17, 15) is 5.21 Å². The van der Waals surface area contributed by atoms with Gasteiger partial charge in [0.25, 0.3) is 0 Å². The van der Waals surface area contributed by atoms with E-state index < -0.39 is 0 Å². The molecule has 0 amide bonds. The molecule has 0 spiro atoms. The van der Waals surface area contributed by atoms with E-state index in [0.29, 0.717) is 6.54 Å². The summed E-state index contributed by atoms with van der Waals surface area (Å²) in [6.07, 6.45) is 1.76. The van der Waals surface area contributed by atoms with Gasteiger partial charge in [-0.2, -0.15) is 0 Å². The number of aromatic nitrogens is 2. The highest BCUT2D eigenvalue weighted by Gasteiger charge is 2.11. The van der Waals surface area contributed by atoms with Crippen LogP contribution in [-0.2, 0) is 6.54 Å². The third-order valence-electron chi connectivity index (χ3n) is 2.64. The first-order valence-electron chi connectivity index (χ1n) is 5.49. The average Bonchev–Trinajstić information content (AvgIpc) is 2.68. The molecule has 6 nitrogen and oxygen atoms in total. The summed E-state index contributed by atoms with van der Waals surface area (Å²) in [5, 5.41) is 19.7. The van der Waals surface area contributed by atoms with Gasteiger partial charge in [0.05, 0.1) is 16.7 Å². The smallest absolute Gasteiger partial charge is 0.206 e. The molecule has 6 heteroatoms. The highest BCUT2D eigenvalue weighted by molar-refractivity contribution is 5.82. The maximum atomic E-state index is 10.9. The molecular weight excluding hydrogens is 232 g/mol. The molecule has 0 aliphatic rings. The number of benzene rings is 1. The lowest BCUT2D eigenvalue weighted by Gasteiger charge is -2.21. The Morgan fingerprint density at radius 2 is 2.22 bits per heavy atom. The molecule has 0 bridgehead atoms. The quantitative estimate of drug-likeness (QED) is 0.661. The lowest BCUT2D eigenvalue weighted by Crippen LogP contribution is -2.15. The highest BCUT2D eigenvalue weighted by Crippen LogP contribution is 2.25. The van der Waals surface area contributed by atoms with Gasteiger partial charge in [0.15, 0.2) is 0 Å². The highest BCUT2D eigenvalue weighted by atomic mass is 16.8. The maximum absolute atomic E-state index is 10.9. The molecule has 0 unspecified atom stereocenters. The van der Waals surface area contributed by atoms with Crippen molar-refractivity contribution in [2.45, 2.75) is 6.54 Å². The summed E-state index contributed by atoms with van der Waals surface area (Å²) in [5.74, 6) is 0.775. The Bertz CT molecular complexity index is 575. The summed E-state index contributed by atoms with van der Waals surface area (Å²) in [6, 6.07) is 4.84. The van der Waals surface area contributed by atoms with Crippen LogP contribution in [0.1, 0.15) is 0 Å². The number of hydrogen-bond acceptors (Lipinski definition) is 5. The van der Waals surface area contributed by atoms with E-state index in [1.807, 2.05) is 23.6 Å². The third-order valence-corrected chi connectivity index (χ3v) is 2.64. The van der Waals surface area contributed by atoms with Crippen LogP contribution in [0.4, 0.5) is 11.6 Å². The Balaban J connectivity index is 2.67. The Kier molecular flexibility index (Phi) is 3.22. The van der Waals surface area contributed by atoms with Crippen molar-refractivity contribution in [3.05, 3.63) is 36.1 Å². The van der Waals surface area contributed by atoms with Crippen LogP contribution < -0.4 is 10.1 Å². The third kappa shape index (κ3) is 2.03. The van der Waals surface area contributed by atoms with Gasteiger partial charge in [0.1, 0.15) is 0 Å². The van der Waals surface area contributed by atoms with E-state index >= 15 is 0 Å². The second-order valence-electron chi connectivity index (χ2n) is 4.15. The first kappa shape index (κ1) is 12.4. The molecule has 2 aromatic rings. The summed E-state index contributed by atoms with van der Waals surface area (Å²) in [7, 11) is 3.79. The normalized spacial score (nSPS) is 10.7. The van der Waals surface area contributed by atoms with E-state index in [2.05, 4.69) is 11.6 Å². The van der Waals surface area contributed by atoms with Crippen LogP contribution in [0.5, 0.6) is 0 Å². The number of hydrogen-bond donors (Lipinski definition) is 1. The first-order valence-corrected chi connectivity index (χ1v) is 5.49. The Labute approximate surface area is 105 Å². The van der Waals surface area contributed by atoms with Gasteiger partial charge in [-0.3, -0.25) is 5.21 Å². The lowest BCUT2D eigenvalue weighted by atomic mass is 10.3. The van der Waals surface area contributed by atoms with E-state index in [-0.39, 0.29) is 10.9 Å². The molecule has 2 rings (SSSR count). The summed E-state index contributed by atoms with van der Waals surface area (Å²) in [5.41, 5.74) is 1.73. The summed E-state index contributed by atoms with van der Waals surface area (Å²) in [4.78, 5) is 6.36. The van der Waals surface area contributed by atoms with Gasteiger partial charge in [-0.25, -0.2) is 4.98 Å². The van der Waals surface area contributed by atoms with Crippen LogP contribution >= 0.6 is 0 Å². The van der Waals surface area contributed by atoms with Crippen LogP contribution in [0.15, 0.2) is 30.9 Å². The van der Waals surface area contributed by atoms with Crippen molar-refractivity contribution >= 4 is 22.7 Å². The molecule has 0 saturated heterocycles. The van der Waals surface area contributed by atoms with Crippen molar-refractivity contribution in [1.29, 1.82) is 0 Å². The van der Waals surface area contributed by atoms with Crippen molar-refractivity contribution < 1.29 is 5.21 Å². The average molecular weight is 247 g/mol. The SMILES string of the molecule is C=CCn1c(N(C)C)nc2ccc(N([O-])O)cc21. The van der Waals surface area contributed by atoms with Crippen molar-refractivity contribution in [3.8, 4) is 0 Å². The number of allylic oxidation sites excluding steroid dienone is 1. The minimum Gasteiger partial charge on any atom is -0.733 e. The molecule has 0 saturated carbocycles. The van der Waals surface area contributed by atoms with Crippen molar-refractivity contribution in [1.82, 2.24) is 9.55 Å². The number of anilines is 2. The number of imidazole rings is 1. The molecule has 1 aromatic carbocycles. The Morgan fingerprint density at radius 3 is 2.78 bits per heavy atom. The molecule has 0 aliphatic heterocycles. The van der Waals surface area contributed by atoms with E-state index in [1.165, 1.54) is 6.07 Å². The van der Waals surface area contributed by atoms with E-state index in [1.54, 1.807) is 18.2 Å². The zero-order valence-corrected chi connectivity index (χ0v) is 10.4. The van der Waals surface area contributed by atoms with Crippen molar-refractivity contribution in [2.75, 3.05) is 24.2 Å². The zero-order valence-electron chi connectivity index (χ0n) is 10.4. The number of rotatable bonds is 4. The predicted molar refractivity (Wildman–Crippen MR) is 71.9 cm³/mol. The molecular formula is C12H15N4O2-. The van der Waals surface area contributed by atoms with Gasteiger partial charge in [-0.1, -0.05) is 6.08 Å². The van der Waals surface area contributed by atoms with Crippen LogP contribution in [-0.4, -0.2) is 28.9 Å². The van der Waals surface area contributed by atoms with Crippen LogP contribution in [0.3, 0.4) is 0 Å². The Hall–Kier alpha value is -2.05. The molecule has 1 heterocycles. The first-order chi connectivity index (χ1) is 8.54. The fraction of sp³-hybridized carbons (Fsp3) is 0.250. The summed E-state index contributed by atoms with van der Waals surface area (Å²) < 4.78 is 1.93. The van der Waals surface area contributed by atoms with E-state index in [0.717, 1.165) is 17.0 Å². The maximum Gasteiger partial charge on any atom is 0.206 e. The second kappa shape index (κ2) is 4.67. The second-order valence-corrected chi connectivity index (χ2v) is 4.15.